The molecule has 0 radical (unpaired) electrons. The van der Waals surface area contributed by atoms with Crippen LogP contribution >= 0.6 is 11.3 Å². The van der Waals surface area contributed by atoms with Crippen LogP contribution in [0.3, 0.4) is 0 Å². The molecule has 0 saturated heterocycles. The first-order valence-corrected chi connectivity index (χ1v) is 9.57. The van der Waals surface area contributed by atoms with E-state index in [1.54, 1.807) is 12.1 Å². The first-order valence-electron chi connectivity index (χ1n) is 8.70. The van der Waals surface area contributed by atoms with Gasteiger partial charge in [0, 0.05) is 17.8 Å². The van der Waals surface area contributed by atoms with Gasteiger partial charge in [0.2, 0.25) is 5.91 Å². The first-order chi connectivity index (χ1) is 13.0. The monoisotopic (exact) mass is 382 g/mol. The average molecular weight is 382 g/mol. The summed E-state index contributed by atoms with van der Waals surface area (Å²) >= 11 is 1.35. The number of nitrogens with zero attached hydrogens (tertiary/aromatic N) is 2. The summed E-state index contributed by atoms with van der Waals surface area (Å²) in [5, 5.41) is 11.9. The lowest BCUT2D eigenvalue weighted by Crippen LogP contribution is -2.36. The molecule has 0 saturated carbocycles. The summed E-state index contributed by atoms with van der Waals surface area (Å²) in [5.41, 5.74) is 4.10. The van der Waals surface area contributed by atoms with Gasteiger partial charge >= 0.3 is 0 Å². The molecule has 0 fully saturated rings. The number of benzene rings is 1. The lowest BCUT2D eigenvalue weighted by atomic mass is 10.2. The third-order valence-corrected chi connectivity index (χ3v) is 5.19. The number of hydrogen-bond acceptors (Lipinski definition) is 4. The zero-order chi connectivity index (χ0) is 19.2. The number of amides is 2. The molecule has 0 bridgehead atoms. The van der Waals surface area contributed by atoms with Crippen LogP contribution in [-0.2, 0) is 17.9 Å². The van der Waals surface area contributed by atoms with Crippen molar-refractivity contribution in [2.45, 2.75) is 26.9 Å². The van der Waals surface area contributed by atoms with Crippen molar-refractivity contribution in [3.8, 4) is 0 Å². The second-order valence-corrected chi connectivity index (χ2v) is 7.18. The van der Waals surface area contributed by atoms with Gasteiger partial charge in [-0.2, -0.15) is 5.10 Å². The van der Waals surface area contributed by atoms with Gasteiger partial charge in [-0.3, -0.25) is 14.3 Å². The summed E-state index contributed by atoms with van der Waals surface area (Å²) in [7, 11) is 0. The van der Waals surface area contributed by atoms with Crippen LogP contribution in [0.25, 0.3) is 0 Å². The number of rotatable bonds is 7. The van der Waals surface area contributed by atoms with E-state index in [1.165, 1.54) is 16.9 Å². The molecule has 140 valence electrons. The molecule has 0 spiro atoms. The van der Waals surface area contributed by atoms with E-state index in [1.807, 2.05) is 42.1 Å². The quantitative estimate of drug-likeness (QED) is 0.660. The highest BCUT2D eigenvalue weighted by atomic mass is 32.1. The van der Waals surface area contributed by atoms with E-state index >= 15 is 0 Å². The van der Waals surface area contributed by atoms with Gasteiger partial charge in [-0.05, 0) is 30.9 Å². The Balaban J connectivity index is 1.54. The average Bonchev–Trinajstić information content (AvgIpc) is 3.29. The predicted molar refractivity (Wildman–Crippen MR) is 106 cm³/mol. The number of carbonyl (C=O) groups excluding carboxylic acids is 2. The molecule has 0 aliphatic carbocycles. The van der Waals surface area contributed by atoms with E-state index < -0.39 is 0 Å². The van der Waals surface area contributed by atoms with Gasteiger partial charge in [0.1, 0.15) is 0 Å². The fourth-order valence-corrected chi connectivity index (χ4v) is 3.45. The fraction of sp³-hybridized carbons (Fsp3) is 0.250. The standard InChI is InChI=1S/C20H22N4O2S/c1-14-17(15(2)24(23-14)13-16-7-4-3-5-8-16)11-21-19(25)12-22-20(26)18-9-6-10-27-18/h3-10H,11-13H2,1-2H3,(H,21,25)(H,22,26). The molecular weight excluding hydrogens is 360 g/mol. The molecule has 27 heavy (non-hydrogen) atoms. The minimum atomic E-state index is -0.233. The Hall–Kier alpha value is -2.93. The van der Waals surface area contributed by atoms with Gasteiger partial charge in [-0.25, -0.2) is 0 Å². The number of hydrogen-bond donors (Lipinski definition) is 2. The minimum Gasteiger partial charge on any atom is -0.350 e. The maximum atomic E-state index is 12.1. The molecule has 0 atom stereocenters. The molecule has 3 aromatic rings. The Bertz CT molecular complexity index is 917. The number of carbonyl (C=O) groups is 2. The van der Waals surface area contributed by atoms with E-state index in [9.17, 15) is 9.59 Å². The Kier molecular flexibility index (Phi) is 6.03. The summed E-state index contributed by atoms with van der Waals surface area (Å²) in [6.07, 6.45) is 0. The second kappa shape index (κ2) is 8.64. The summed E-state index contributed by atoms with van der Waals surface area (Å²) in [6.45, 7) is 4.98. The molecule has 3 rings (SSSR count). The molecule has 2 N–H and O–H groups in total. The van der Waals surface area contributed by atoms with Gasteiger partial charge in [-0.1, -0.05) is 36.4 Å². The van der Waals surface area contributed by atoms with E-state index in [0.29, 0.717) is 18.0 Å². The molecule has 0 aliphatic heterocycles. The van der Waals surface area contributed by atoms with Crippen molar-refractivity contribution < 1.29 is 9.59 Å². The second-order valence-electron chi connectivity index (χ2n) is 6.23. The van der Waals surface area contributed by atoms with Gasteiger partial charge in [0.25, 0.3) is 5.91 Å². The van der Waals surface area contributed by atoms with Crippen LogP contribution in [0.2, 0.25) is 0 Å². The van der Waals surface area contributed by atoms with Gasteiger partial charge in [0.05, 0.1) is 23.7 Å². The van der Waals surface area contributed by atoms with Crippen molar-refractivity contribution >= 4 is 23.2 Å². The molecule has 7 heteroatoms. The Labute approximate surface area is 162 Å². The topological polar surface area (TPSA) is 76.0 Å². The largest absolute Gasteiger partial charge is 0.350 e. The molecule has 6 nitrogen and oxygen atoms in total. The van der Waals surface area contributed by atoms with E-state index in [0.717, 1.165) is 17.0 Å². The highest BCUT2D eigenvalue weighted by molar-refractivity contribution is 7.12. The highest BCUT2D eigenvalue weighted by Crippen LogP contribution is 2.14. The van der Waals surface area contributed by atoms with Crippen molar-refractivity contribution in [2.24, 2.45) is 0 Å². The van der Waals surface area contributed by atoms with Gasteiger partial charge < -0.3 is 10.6 Å². The van der Waals surface area contributed by atoms with Crippen molar-refractivity contribution in [1.29, 1.82) is 0 Å². The predicted octanol–water partition coefficient (Wildman–Crippen LogP) is 2.66. The summed E-state index contributed by atoms with van der Waals surface area (Å²) in [4.78, 5) is 24.5. The van der Waals surface area contributed by atoms with Gasteiger partial charge in [0.15, 0.2) is 0 Å². The van der Waals surface area contributed by atoms with Crippen molar-refractivity contribution in [3.05, 3.63) is 75.2 Å². The van der Waals surface area contributed by atoms with Crippen LogP contribution in [-0.4, -0.2) is 28.1 Å². The number of nitrogens with one attached hydrogen (secondary N) is 2. The zero-order valence-corrected chi connectivity index (χ0v) is 16.2. The summed E-state index contributed by atoms with van der Waals surface area (Å²) in [5.74, 6) is -0.460. The molecular formula is C20H22N4O2S. The number of aryl methyl sites for hydroxylation is 1. The minimum absolute atomic E-state index is 0.0486. The maximum Gasteiger partial charge on any atom is 0.261 e. The lowest BCUT2D eigenvalue weighted by molar-refractivity contribution is -0.120. The summed E-state index contributed by atoms with van der Waals surface area (Å²) < 4.78 is 1.95. The third-order valence-electron chi connectivity index (χ3n) is 4.32. The van der Waals surface area contributed by atoms with Crippen LogP contribution in [0.1, 0.15) is 32.2 Å². The van der Waals surface area contributed by atoms with Crippen molar-refractivity contribution in [3.63, 3.8) is 0 Å². The third kappa shape index (κ3) is 4.83. The maximum absolute atomic E-state index is 12.1. The SMILES string of the molecule is Cc1nn(Cc2ccccc2)c(C)c1CNC(=O)CNC(=O)c1cccs1. The van der Waals surface area contributed by atoms with Crippen LogP contribution in [0.5, 0.6) is 0 Å². The van der Waals surface area contributed by atoms with E-state index in [4.69, 9.17) is 0 Å². The Morgan fingerprint density at radius 1 is 1.07 bits per heavy atom. The highest BCUT2D eigenvalue weighted by Gasteiger charge is 2.14. The number of thiophene rings is 1. The van der Waals surface area contributed by atoms with Gasteiger partial charge in [-0.15, -0.1) is 11.3 Å². The van der Waals surface area contributed by atoms with Crippen molar-refractivity contribution in [1.82, 2.24) is 20.4 Å². The molecule has 2 aromatic heterocycles. The zero-order valence-electron chi connectivity index (χ0n) is 15.4. The lowest BCUT2D eigenvalue weighted by Gasteiger charge is -2.08. The molecule has 2 amide bonds. The molecule has 2 heterocycles. The van der Waals surface area contributed by atoms with Crippen molar-refractivity contribution in [2.75, 3.05) is 6.54 Å². The van der Waals surface area contributed by atoms with Crippen LogP contribution in [0.15, 0.2) is 47.8 Å². The normalized spacial score (nSPS) is 10.6. The smallest absolute Gasteiger partial charge is 0.261 e. The van der Waals surface area contributed by atoms with E-state index in [-0.39, 0.29) is 18.4 Å². The number of aromatic nitrogens is 2. The Morgan fingerprint density at radius 2 is 1.85 bits per heavy atom. The van der Waals surface area contributed by atoms with E-state index in [2.05, 4.69) is 27.9 Å². The van der Waals surface area contributed by atoms with Crippen LogP contribution in [0.4, 0.5) is 0 Å². The molecule has 0 unspecified atom stereocenters. The molecule has 0 aliphatic rings. The Morgan fingerprint density at radius 3 is 2.56 bits per heavy atom. The first kappa shape index (κ1) is 18.8. The van der Waals surface area contributed by atoms with Crippen LogP contribution < -0.4 is 10.6 Å². The van der Waals surface area contributed by atoms with Crippen LogP contribution in [0, 0.1) is 13.8 Å². The fourth-order valence-electron chi connectivity index (χ4n) is 2.81. The molecule has 1 aromatic carbocycles. The summed E-state index contributed by atoms with van der Waals surface area (Å²) in [6, 6.07) is 13.7.